The fourth-order valence-electron chi connectivity index (χ4n) is 3.64. The summed E-state index contributed by atoms with van der Waals surface area (Å²) in [4.78, 5) is 30.7. The molecule has 0 aliphatic carbocycles. The molecule has 1 N–H and O–H groups in total. The number of rotatable bonds is 7. The van der Waals surface area contributed by atoms with Crippen LogP contribution in [0.1, 0.15) is 40.9 Å². The number of aromatic nitrogens is 2. The lowest BCUT2D eigenvalue weighted by molar-refractivity contribution is 0.0447. The van der Waals surface area contributed by atoms with Crippen molar-refractivity contribution in [2.45, 2.75) is 24.6 Å². The molecule has 9 heteroatoms. The number of cyclic esters (lactones) is 1. The van der Waals surface area contributed by atoms with Crippen molar-refractivity contribution in [3.8, 4) is 23.1 Å². The van der Waals surface area contributed by atoms with E-state index in [0.717, 1.165) is 12.2 Å². The Morgan fingerprint density at radius 3 is 2.53 bits per heavy atom. The first-order valence-electron chi connectivity index (χ1n) is 10.0. The van der Waals surface area contributed by atoms with E-state index in [4.69, 9.17) is 14.2 Å². The Hall–Kier alpha value is -3.46. The van der Waals surface area contributed by atoms with Crippen LogP contribution >= 0.6 is 11.8 Å². The second-order valence-electron chi connectivity index (χ2n) is 7.01. The molecule has 8 nitrogen and oxygen atoms in total. The lowest BCUT2D eigenvalue weighted by atomic mass is 9.99. The number of carbonyl (C=O) groups excluding carboxylic acids is 1. The predicted octanol–water partition coefficient (Wildman–Crippen LogP) is 3.72. The van der Waals surface area contributed by atoms with Gasteiger partial charge in [0.15, 0.2) is 22.8 Å². The van der Waals surface area contributed by atoms with Crippen molar-refractivity contribution >= 4 is 17.7 Å². The van der Waals surface area contributed by atoms with Gasteiger partial charge in [-0.1, -0.05) is 43.0 Å². The number of benzene rings is 2. The molecule has 166 valence electrons. The van der Waals surface area contributed by atoms with Gasteiger partial charge in [-0.2, -0.15) is 4.98 Å². The van der Waals surface area contributed by atoms with Crippen LogP contribution in [0.2, 0.25) is 0 Å². The fourth-order valence-corrected chi connectivity index (χ4v) is 4.50. The van der Waals surface area contributed by atoms with Gasteiger partial charge < -0.3 is 19.3 Å². The normalized spacial score (nSPS) is 14.7. The first-order chi connectivity index (χ1) is 15.5. The first-order valence-corrected chi connectivity index (χ1v) is 11.0. The number of para-hydroxylation sites is 1. The average molecular weight is 455 g/mol. The quantitative estimate of drug-likeness (QED) is 0.328. The van der Waals surface area contributed by atoms with Gasteiger partial charge in [-0.25, -0.2) is 4.79 Å². The van der Waals surface area contributed by atoms with Crippen molar-refractivity contribution in [1.29, 1.82) is 0 Å². The molecule has 0 bridgehead atoms. The van der Waals surface area contributed by atoms with Gasteiger partial charge in [0.1, 0.15) is 11.1 Å². The molecule has 0 saturated heterocycles. The van der Waals surface area contributed by atoms with Crippen LogP contribution in [-0.2, 0) is 4.74 Å². The number of fused-ring (bicyclic) bond motifs is 1. The van der Waals surface area contributed by atoms with Gasteiger partial charge in [0.05, 0.1) is 19.9 Å². The standard InChI is InChI=1S/C23H22N2O6S/c1-4-12-32-23-24-20(26)17(21(27)25(23)13-8-6-5-7-9-13)18-14-10-11-15(29-2)19(30-3)16(14)22(28)31-18/h5-11,18,26H,4,12H2,1-3H3/t18-/m1/s1. The highest BCUT2D eigenvalue weighted by Gasteiger charge is 2.40. The van der Waals surface area contributed by atoms with Crippen molar-refractivity contribution in [3.05, 3.63) is 69.5 Å². The van der Waals surface area contributed by atoms with Crippen LogP contribution in [0.15, 0.2) is 52.4 Å². The molecule has 32 heavy (non-hydrogen) atoms. The summed E-state index contributed by atoms with van der Waals surface area (Å²) in [5, 5.41) is 11.1. The zero-order valence-corrected chi connectivity index (χ0v) is 18.6. The highest BCUT2D eigenvalue weighted by molar-refractivity contribution is 7.99. The molecular formula is C23H22N2O6S. The van der Waals surface area contributed by atoms with E-state index in [-0.39, 0.29) is 16.9 Å². The molecule has 0 fully saturated rings. The van der Waals surface area contributed by atoms with Gasteiger partial charge in [0.25, 0.3) is 5.56 Å². The number of thioether (sulfide) groups is 1. The number of methoxy groups -OCH3 is 2. The molecule has 0 unspecified atom stereocenters. The molecule has 0 saturated carbocycles. The van der Waals surface area contributed by atoms with Crippen molar-refractivity contribution in [3.63, 3.8) is 0 Å². The summed E-state index contributed by atoms with van der Waals surface area (Å²) >= 11 is 1.37. The number of nitrogens with zero attached hydrogens (tertiary/aromatic N) is 2. The second kappa shape index (κ2) is 8.96. The molecule has 1 aliphatic rings. The fraction of sp³-hybridized carbons (Fsp3) is 0.261. The number of ether oxygens (including phenoxy) is 3. The van der Waals surface area contributed by atoms with Crippen LogP contribution in [0.5, 0.6) is 17.4 Å². The van der Waals surface area contributed by atoms with Crippen molar-refractivity contribution < 1.29 is 24.1 Å². The summed E-state index contributed by atoms with van der Waals surface area (Å²) in [6.07, 6.45) is -0.259. The zero-order chi connectivity index (χ0) is 22.8. The molecule has 0 amide bonds. The summed E-state index contributed by atoms with van der Waals surface area (Å²) < 4.78 is 17.6. The van der Waals surface area contributed by atoms with E-state index in [2.05, 4.69) is 4.98 Å². The number of carbonyl (C=O) groups is 1. The van der Waals surface area contributed by atoms with Crippen LogP contribution in [-0.4, -0.2) is 40.6 Å². The minimum Gasteiger partial charge on any atom is -0.493 e. The van der Waals surface area contributed by atoms with Crippen LogP contribution in [0.3, 0.4) is 0 Å². The lowest BCUT2D eigenvalue weighted by Crippen LogP contribution is -2.27. The maximum absolute atomic E-state index is 13.7. The van der Waals surface area contributed by atoms with Crippen molar-refractivity contribution in [1.82, 2.24) is 9.55 Å². The Morgan fingerprint density at radius 1 is 1.12 bits per heavy atom. The van der Waals surface area contributed by atoms with Gasteiger partial charge in [-0.3, -0.25) is 9.36 Å². The maximum Gasteiger partial charge on any atom is 0.343 e. The molecular weight excluding hydrogens is 432 g/mol. The van der Waals surface area contributed by atoms with Crippen LogP contribution in [0, 0.1) is 0 Å². The van der Waals surface area contributed by atoms with E-state index in [1.165, 1.54) is 30.5 Å². The summed E-state index contributed by atoms with van der Waals surface area (Å²) in [5.74, 6) is 0.148. The molecule has 0 spiro atoms. The molecule has 4 rings (SSSR count). The van der Waals surface area contributed by atoms with Gasteiger partial charge in [0.2, 0.25) is 5.88 Å². The summed E-state index contributed by atoms with van der Waals surface area (Å²) in [5.41, 5.74) is 0.528. The highest BCUT2D eigenvalue weighted by atomic mass is 32.2. The monoisotopic (exact) mass is 454 g/mol. The van der Waals surface area contributed by atoms with Gasteiger partial charge in [-0.15, -0.1) is 0 Å². The van der Waals surface area contributed by atoms with E-state index in [1.54, 1.807) is 24.3 Å². The Bertz CT molecular complexity index is 1230. The summed E-state index contributed by atoms with van der Waals surface area (Å²) in [6, 6.07) is 12.3. The third-order valence-corrected chi connectivity index (χ3v) is 6.21. The van der Waals surface area contributed by atoms with Gasteiger partial charge >= 0.3 is 5.97 Å². The maximum atomic E-state index is 13.7. The van der Waals surface area contributed by atoms with E-state index in [1.807, 2.05) is 25.1 Å². The number of hydrogen-bond acceptors (Lipinski definition) is 8. The van der Waals surface area contributed by atoms with Crippen molar-refractivity contribution in [2.24, 2.45) is 0 Å². The van der Waals surface area contributed by atoms with E-state index >= 15 is 0 Å². The van der Waals surface area contributed by atoms with Gasteiger partial charge in [-0.05, 0) is 24.6 Å². The van der Waals surface area contributed by atoms with E-state index in [9.17, 15) is 14.7 Å². The van der Waals surface area contributed by atoms with Crippen LogP contribution < -0.4 is 15.0 Å². The Kier molecular flexibility index (Phi) is 6.09. The highest BCUT2D eigenvalue weighted by Crippen LogP contribution is 2.45. The Balaban J connectivity index is 1.94. The lowest BCUT2D eigenvalue weighted by Gasteiger charge is -2.17. The molecule has 1 aromatic heterocycles. The number of hydrogen-bond donors (Lipinski definition) is 1. The summed E-state index contributed by atoms with van der Waals surface area (Å²) in [6.45, 7) is 2.02. The van der Waals surface area contributed by atoms with Gasteiger partial charge in [0, 0.05) is 11.3 Å². The number of esters is 1. The largest absolute Gasteiger partial charge is 0.493 e. The SMILES string of the molecule is CCCSc1nc(O)c([C@@H]2OC(=O)c3c2ccc(OC)c3OC)c(=O)n1-c1ccccc1. The second-order valence-corrected chi connectivity index (χ2v) is 8.07. The molecule has 0 radical (unpaired) electrons. The molecule has 1 aliphatic heterocycles. The Morgan fingerprint density at radius 2 is 1.88 bits per heavy atom. The smallest absolute Gasteiger partial charge is 0.343 e. The molecule has 2 aromatic carbocycles. The molecule has 2 heterocycles. The van der Waals surface area contributed by atoms with E-state index in [0.29, 0.717) is 22.2 Å². The van der Waals surface area contributed by atoms with Crippen LogP contribution in [0.4, 0.5) is 0 Å². The molecule has 3 aromatic rings. The minimum atomic E-state index is -1.13. The predicted molar refractivity (Wildman–Crippen MR) is 119 cm³/mol. The Labute approximate surface area is 188 Å². The molecule has 1 atom stereocenters. The average Bonchev–Trinajstić information content (AvgIpc) is 3.13. The third kappa shape index (κ3) is 3.58. The van der Waals surface area contributed by atoms with Crippen molar-refractivity contribution in [2.75, 3.05) is 20.0 Å². The van der Waals surface area contributed by atoms with E-state index < -0.39 is 23.5 Å². The van der Waals surface area contributed by atoms with Crippen LogP contribution in [0.25, 0.3) is 5.69 Å². The summed E-state index contributed by atoms with van der Waals surface area (Å²) in [7, 11) is 2.88. The number of aromatic hydroxyl groups is 1. The minimum absolute atomic E-state index is 0.117. The topological polar surface area (TPSA) is 99.9 Å². The third-order valence-electron chi connectivity index (χ3n) is 5.07. The zero-order valence-electron chi connectivity index (χ0n) is 17.8. The first kappa shape index (κ1) is 21.8.